The first-order chi connectivity index (χ1) is 34.2. The molecule has 0 unspecified atom stereocenters. The molecule has 0 spiro atoms. The first-order valence-electron chi connectivity index (χ1n) is 22.3. The molecule has 22 heteroatoms. The first kappa shape index (κ1) is 51.8. The Hall–Kier alpha value is -8.01. The number of rotatable bonds is 14. The number of nitrogens with one attached hydrogen (secondary N) is 2. The molecule has 72 heavy (non-hydrogen) atoms. The maximum atomic E-state index is 13.3. The van der Waals surface area contributed by atoms with Crippen molar-refractivity contribution in [3.8, 4) is 0 Å². The lowest BCUT2D eigenvalue weighted by atomic mass is 10.1. The second-order valence-electron chi connectivity index (χ2n) is 16.8. The Bertz CT molecular complexity index is 2970. The summed E-state index contributed by atoms with van der Waals surface area (Å²) in [5.41, 5.74) is 1.93. The summed E-state index contributed by atoms with van der Waals surface area (Å²) >= 11 is 0. The van der Waals surface area contributed by atoms with E-state index in [1.165, 1.54) is 31.0 Å². The molecule has 0 radical (unpaired) electrons. The molecule has 0 fully saturated rings. The average Bonchev–Trinajstić information content (AvgIpc) is 4.14. The van der Waals surface area contributed by atoms with Gasteiger partial charge in [-0.05, 0) is 84.6 Å². The van der Waals surface area contributed by atoms with Crippen LogP contribution in [0.3, 0.4) is 0 Å². The van der Waals surface area contributed by atoms with Crippen molar-refractivity contribution in [2.75, 3.05) is 37.1 Å². The van der Waals surface area contributed by atoms with E-state index in [4.69, 9.17) is 4.74 Å². The van der Waals surface area contributed by atoms with E-state index in [0.29, 0.717) is 71.9 Å². The number of hydrogen-bond donors (Lipinski definition) is 3. The zero-order valence-corrected chi connectivity index (χ0v) is 39.2. The fraction of sp³-hybridized carbons (Fsp3) is 0.300. The maximum Gasteiger partial charge on any atom is 0.416 e. The molecule has 6 aromatic rings. The zero-order chi connectivity index (χ0) is 52.1. The monoisotopic (exact) mass is 1000 g/mol. The van der Waals surface area contributed by atoms with E-state index in [9.17, 15) is 55.4 Å². The van der Waals surface area contributed by atoms with E-state index in [0.717, 1.165) is 29.8 Å². The number of carbonyl (C=O) groups is 5. The number of benzene rings is 4. The second-order valence-corrected chi connectivity index (χ2v) is 16.8. The van der Waals surface area contributed by atoms with Crippen LogP contribution in [0.4, 0.5) is 38.0 Å². The summed E-state index contributed by atoms with van der Waals surface area (Å²) in [6.45, 7) is 4.99. The number of hydrogen-bond acceptors (Lipinski definition) is 12. The van der Waals surface area contributed by atoms with Crippen molar-refractivity contribution in [1.29, 1.82) is 0 Å². The second kappa shape index (κ2) is 21.5. The van der Waals surface area contributed by atoms with Crippen LogP contribution < -0.4 is 20.4 Å². The van der Waals surface area contributed by atoms with Crippen molar-refractivity contribution in [3.05, 3.63) is 164 Å². The fourth-order valence-corrected chi connectivity index (χ4v) is 8.41. The van der Waals surface area contributed by atoms with Gasteiger partial charge in [0.05, 0.1) is 68.3 Å². The summed E-state index contributed by atoms with van der Waals surface area (Å²) in [6.07, 6.45) is -8.44. The number of aldehydes is 1. The van der Waals surface area contributed by atoms with Gasteiger partial charge in [-0.2, -0.15) is 36.5 Å². The lowest BCUT2D eigenvalue weighted by Crippen LogP contribution is -2.30. The van der Waals surface area contributed by atoms with Gasteiger partial charge in [-0.1, -0.05) is 48.5 Å². The molecule has 8 rings (SSSR count). The largest absolute Gasteiger partial charge is 0.465 e. The molecule has 2 aromatic heterocycles. The highest BCUT2D eigenvalue weighted by atomic mass is 19.4. The number of methoxy groups -OCH3 is 2. The molecule has 3 N–H and O–H groups in total. The van der Waals surface area contributed by atoms with Crippen LogP contribution in [0.1, 0.15) is 117 Å². The van der Waals surface area contributed by atoms with Gasteiger partial charge in [0.15, 0.2) is 6.29 Å². The Kier molecular flexibility index (Phi) is 15.5. The van der Waals surface area contributed by atoms with Crippen molar-refractivity contribution in [1.82, 2.24) is 30.2 Å². The molecule has 4 aromatic carbocycles. The summed E-state index contributed by atoms with van der Waals surface area (Å²) in [6, 6.07) is 22.2. The Morgan fingerprint density at radius 2 is 1.06 bits per heavy atom. The van der Waals surface area contributed by atoms with Gasteiger partial charge in [0.2, 0.25) is 0 Å². The van der Waals surface area contributed by atoms with Crippen molar-refractivity contribution >= 4 is 41.7 Å². The number of aliphatic hydroxyl groups excluding tert-OH is 1. The molecule has 0 saturated heterocycles. The SMILES string of the molecule is COC(=O)c1ccc([C@H](C)NC(=O)c2c(C=O)nn3c2N(Cc2cccc(C(F)(F)F)c2)CC3)cc1.COC(=O)c1ccc([C@H](C)NC(=O)c2c(CO)nn3c2N(Cc2cccc(C(F)(F)F)c2)CC3)cc1. The molecule has 2 amide bonds. The maximum absolute atomic E-state index is 13.3. The van der Waals surface area contributed by atoms with E-state index in [2.05, 4.69) is 25.6 Å². The topological polar surface area (TPSA) is 190 Å². The molecule has 2 aliphatic heterocycles. The van der Waals surface area contributed by atoms with Crippen LogP contribution in [0.15, 0.2) is 97.1 Å². The normalized spacial score (nSPS) is 13.8. The average molecular weight is 1000 g/mol. The van der Waals surface area contributed by atoms with Gasteiger partial charge in [-0.3, -0.25) is 14.4 Å². The quantitative estimate of drug-likeness (QED) is 0.0549. The smallest absolute Gasteiger partial charge is 0.416 e. The molecule has 0 saturated carbocycles. The number of carbonyl (C=O) groups excluding carboxylic acids is 5. The van der Waals surface area contributed by atoms with Crippen LogP contribution in [0.5, 0.6) is 0 Å². The highest BCUT2D eigenvalue weighted by Gasteiger charge is 2.36. The molecule has 0 bridgehead atoms. The van der Waals surface area contributed by atoms with Crippen LogP contribution in [0.25, 0.3) is 0 Å². The lowest BCUT2D eigenvalue weighted by Gasteiger charge is -2.21. The third-order valence-electron chi connectivity index (χ3n) is 12.0. The third-order valence-corrected chi connectivity index (χ3v) is 12.0. The first-order valence-corrected chi connectivity index (χ1v) is 22.3. The highest BCUT2D eigenvalue weighted by molar-refractivity contribution is 6.05. The summed E-state index contributed by atoms with van der Waals surface area (Å²) in [5, 5.41) is 24.1. The summed E-state index contributed by atoms with van der Waals surface area (Å²) in [7, 11) is 2.57. The van der Waals surface area contributed by atoms with Crippen molar-refractivity contribution in [3.63, 3.8) is 0 Å². The van der Waals surface area contributed by atoms with Crippen LogP contribution >= 0.6 is 0 Å². The molecule has 378 valence electrons. The molecule has 16 nitrogen and oxygen atoms in total. The minimum Gasteiger partial charge on any atom is -0.465 e. The van der Waals surface area contributed by atoms with Gasteiger partial charge in [-0.15, -0.1) is 0 Å². The van der Waals surface area contributed by atoms with E-state index in [-0.39, 0.29) is 35.6 Å². The summed E-state index contributed by atoms with van der Waals surface area (Å²) in [4.78, 5) is 65.1. The van der Waals surface area contributed by atoms with E-state index < -0.39 is 65.9 Å². The number of amides is 2. The number of fused-ring (bicyclic) bond motifs is 2. The number of ether oxygens (including phenoxy) is 2. The van der Waals surface area contributed by atoms with E-state index >= 15 is 0 Å². The lowest BCUT2D eigenvalue weighted by molar-refractivity contribution is -0.138. The van der Waals surface area contributed by atoms with Gasteiger partial charge >= 0.3 is 24.3 Å². The minimum absolute atomic E-state index is 0.0514. The van der Waals surface area contributed by atoms with E-state index in [1.54, 1.807) is 89.0 Å². The molecule has 2 aliphatic rings. The summed E-state index contributed by atoms with van der Waals surface area (Å²) < 4.78 is 91.3. The van der Waals surface area contributed by atoms with Gasteiger partial charge in [0, 0.05) is 26.2 Å². The number of alkyl halides is 6. The standard InChI is InChI=1S/C25H25F3N4O4.C25H23F3N4O4/c2*1-15(17-6-8-18(9-7-17)24(35)36-2)29-22(34)21-20(14-33)30-32-11-10-31(23(21)32)13-16-4-3-5-19(12-16)25(26,27)28/h3-9,12,15,33H,10-11,13-14H2,1-2H3,(H,29,34);3-9,12,14-15H,10-11,13H2,1-2H3,(H,29,34)/t2*15-/m00/s1. The van der Waals surface area contributed by atoms with Gasteiger partial charge in [0.25, 0.3) is 11.8 Å². The van der Waals surface area contributed by atoms with Gasteiger partial charge < -0.3 is 35.0 Å². The van der Waals surface area contributed by atoms with Crippen molar-refractivity contribution in [2.45, 2.75) is 71.1 Å². The molecule has 4 heterocycles. The van der Waals surface area contributed by atoms with Crippen LogP contribution in [-0.4, -0.2) is 82.0 Å². The van der Waals surface area contributed by atoms with E-state index in [1.807, 2.05) is 0 Å². The van der Waals surface area contributed by atoms with Crippen LogP contribution in [0, 0.1) is 0 Å². The third kappa shape index (κ3) is 11.4. The Labute approximate surface area is 408 Å². The van der Waals surface area contributed by atoms with Crippen LogP contribution in [-0.2, 0) is 54.6 Å². The predicted octanol–water partition coefficient (Wildman–Crippen LogP) is 7.70. The predicted molar refractivity (Wildman–Crippen MR) is 248 cm³/mol. The number of aromatic nitrogens is 4. The number of anilines is 2. The molecular formula is C50H48F6N8O8. The Morgan fingerprint density at radius 3 is 1.46 bits per heavy atom. The van der Waals surface area contributed by atoms with Crippen LogP contribution in [0.2, 0.25) is 0 Å². The van der Waals surface area contributed by atoms with Gasteiger partial charge in [0.1, 0.15) is 34.2 Å². The molecule has 2 atom stereocenters. The zero-order valence-electron chi connectivity index (χ0n) is 39.2. The highest BCUT2D eigenvalue weighted by Crippen LogP contribution is 2.35. The number of nitrogens with zero attached hydrogens (tertiary/aromatic N) is 6. The fourth-order valence-electron chi connectivity index (χ4n) is 8.41. The summed E-state index contributed by atoms with van der Waals surface area (Å²) in [5.74, 6) is -1.14. The molecular weight excluding hydrogens is 955 g/mol. The molecule has 0 aliphatic carbocycles. The number of esters is 2. The number of aliphatic hydroxyl groups is 1. The Balaban J connectivity index is 0.000000211. The Morgan fingerprint density at radius 1 is 0.639 bits per heavy atom. The minimum atomic E-state index is -4.47. The van der Waals surface area contributed by atoms with Crippen molar-refractivity contribution < 1.29 is 64.9 Å². The van der Waals surface area contributed by atoms with Gasteiger partial charge in [-0.25, -0.2) is 19.0 Å². The number of halogens is 6. The van der Waals surface area contributed by atoms with Crippen molar-refractivity contribution in [2.24, 2.45) is 0 Å².